The van der Waals surface area contributed by atoms with Crippen LogP contribution < -0.4 is 5.32 Å². The molecule has 3 rings (SSSR count). The van der Waals surface area contributed by atoms with E-state index in [2.05, 4.69) is 19.2 Å². The number of benzene rings is 1. The van der Waals surface area contributed by atoms with Crippen LogP contribution in [0.5, 0.6) is 0 Å². The van der Waals surface area contributed by atoms with E-state index in [-0.39, 0.29) is 11.8 Å². The van der Waals surface area contributed by atoms with Gasteiger partial charge in [0.1, 0.15) is 5.70 Å². The third-order valence-electron chi connectivity index (χ3n) is 3.90. The zero-order chi connectivity index (χ0) is 16.6. The summed E-state index contributed by atoms with van der Waals surface area (Å²) in [6.45, 7) is 4.27. The number of rotatable bonds is 4. The fraction of sp³-hybridized carbons (Fsp3) is 0.222. The van der Waals surface area contributed by atoms with Crippen LogP contribution in [-0.2, 0) is 9.59 Å². The molecule has 1 aromatic heterocycles. The van der Waals surface area contributed by atoms with E-state index in [1.165, 1.54) is 23.9 Å². The highest BCUT2D eigenvalue weighted by Crippen LogP contribution is 2.32. The van der Waals surface area contributed by atoms with Gasteiger partial charge in [-0.1, -0.05) is 32.0 Å². The molecule has 0 saturated carbocycles. The van der Waals surface area contributed by atoms with Gasteiger partial charge in [0.15, 0.2) is 0 Å². The van der Waals surface area contributed by atoms with Crippen LogP contribution in [0.4, 0.5) is 5.69 Å². The van der Waals surface area contributed by atoms with Crippen molar-refractivity contribution in [2.45, 2.75) is 19.8 Å². The third kappa shape index (κ3) is 2.80. The van der Waals surface area contributed by atoms with E-state index in [0.717, 1.165) is 15.5 Å². The Kier molecular flexibility index (Phi) is 4.05. The van der Waals surface area contributed by atoms with Gasteiger partial charge in [0.05, 0.1) is 5.57 Å². The van der Waals surface area contributed by atoms with Crippen LogP contribution in [0.1, 0.15) is 30.2 Å². The zero-order valence-corrected chi connectivity index (χ0v) is 14.1. The summed E-state index contributed by atoms with van der Waals surface area (Å²) in [5.41, 5.74) is 2.82. The minimum absolute atomic E-state index is 0.265. The molecule has 1 aromatic carbocycles. The van der Waals surface area contributed by atoms with Crippen molar-refractivity contribution in [1.29, 1.82) is 0 Å². The third-order valence-corrected chi connectivity index (χ3v) is 4.79. The first-order chi connectivity index (χ1) is 11.0. The van der Waals surface area contributed by atoms with Crippen molar-refractivity contribution < 1.29 is 9.59 Å². The Hall–Kier alpha value is -2.40. The number of nitrogens with zero attached hydrogens (tertiary/aromatic N) is 1. The maximum Gasteiger partial charge on any atom is 0.277 e. The van der Waals surface area contributed by atoms with Gasteiger partial charge in [-0.05, 0) is 35.1 Å². The minimum Gasteiger partial charge on any atom is -0.350 e. The zero-order valence-electron chi connectivity index (χ0n) is 13.3. The molecule has 0 radical (unpaired) electrons. The second kappa shape index (κ2) is 6.01. The van der Waals surface area contributed by atoms with Crippen LogP contribution in [0.25, 0.3) is 5.57 Å². The number of hydrogen-bond donors (Lipinski definition) is 1. The highest BCUT2D eigenvalue weighted by atomic mass is 32.1. The van der Waals surface area contributed by atoms with Gasteiger partial charge in [-0.2, -0.15) is 0 Å². The molecule has 23 heavy (non-hydrogen) atoms. The lowest BCUT2D eigenvalue weighted by molar-refractivity contribution is -0.135. The average Bonchev–Trinajstić information content (AvgIpc) is 3.12. The molecule has 1 N–H and O–H groups in total. The number of anilines is 1. The lowest BCUT2D eigenvalue weighted by Crippen LogP contribution is -2.27. The summed E-state index contributed by atoms with van der Waals surface area (Å²) >= 11 is 1.45. The molecule has 0 aliphatic carbocycles. The van der Waals surface area contributed by atoms with Crippen molar-refractivity contribution in [2.24, 2.45) is 0 Å². The molecule has 1 aliphatic heterocycles. The Morgan fingerprint density at radius 3 is 2.30 bits per heavy atom. The second-order valence-corrected chi connectivity index (χ2v) is 6.75. The number of thiophene rings is 1. The summed E-state index contributed by atoms with van der Waals surface area (Å²) in [5.74, 6) is -0.115. The SMILES string of the molecule is CC(C)c1ccc(NC2=C(c3cccs3)C(=O)N(C)C2=O)cc1. The number of amides is 2. The Labute approximate surface area is 139 Å². The van der Waals surface area contributed by atoms with Gasteiger partial charge in [-0.25, -0.2) is 0 Å². The second-order valence-electron chi connectivity index (χ2n) is 5.80. The summed E-state index contributed by atoms with van der Waals surface area (Å²) in [6, 6.07) is 11.7. The van der Waals surface area contributed by atoms with Crippen LogP contribution in [0.3, 0.4) is 0 Å². The van der Waals surface area contributed by atoms with Gasteiger partial charge in [-0.15, -0.1) is 11.3 Å². The fourth-order valence-electron chi connectivity index (χ4n) is 2.50. The smallest absolute Gasteiger partial charge is 0.277 e. The van der Waals surface area contributed by atoms with E-state index in [4.69, 9.17) is 0 Å². The number of nitrogens with one attached hydrogen (secondary N) is 1. The Morgan fingerprint density at radius 1 is 1.04 bits per heavy atom. The predicted molar refractivity (Wildman–Crippen MR) is 93.2 cm³/mol. The number of carbonyl (C=O) groups excluding carboxylic acids is 2. The van der Waals surface area contributed by atoms with E-state index < -0.39 is 0 Å². The van der Waals surface area contributed by atoms with Crippen molar-refractivity contribution in [3.05, 3.63) is 57.9 Å². The maximum atomic E-state index is 12.4. The van der Waals surface area contributed by atoms with E-state index in [9.17, 15) is 9.59 Å². The quantitative estimate of drug-likeness (QED) is 0.872. The van der Waals surface area contributed by atoms with E-state index in [0.29, 0.717) is 17.2 Å². The van der Waals surface area contributed by atoms with E-state index in [1.807, 2.05) is 41.8 Å². The fourth-order valence-corrected chi connectivity index (χ4v) is 3.27. The summed E-state index contributed by atoms with van der Waals surface area (Å²) in [6.07, 6.45) is 0. The number of imide groups is 1. The molecule has 2 amide bonds. The number of likely N-dealkylation sites (N-methyl/N-ethyl adjacent to an activating group) is 1. The van der Waals surface area contributed by atoms with E-state index in [1.54, 1.807) is 0 Å². The Balaban J connectivity index is 1.98. The molecular weight excluding hydrogens is 308 g/mol. The van der Waals surface area contributed by atoms with Crippen molar-refractivity contribution in [3.63, 3.8) is 0 Å². The summed E-state index contributed by atoms with van der Waals surface area (Å²) in [7, 11) is 1.51. The molecule has 4 nitrogen and oxygen atoms in total. The van der Waals surface area contributed by atoms with Crippen molar-refractivity contribution in [1.82, 2.24) is 4.90 Å². The highest BCUT2D eigenvalue weighted by Gasteiger charge is 2.37. The average molecular weight is 326 g/mol. The summed E-state index contributed by atoms with van der Waals surface area (Å²) < 4.78 is 0. The molecule has 1 aliphatic rings. The molecule has 118 valence electrons. The minimum atomic E-state index is -0.300. The van der Waals surface area contributed by atoms with Crippen molar-refractivity contribution in [3.8, 4) is 0 Å². The maximum absolute atomic E-state index is 12.4. The first kappa shape index (κ1) is 15.5. The van der Waals surface area contributed by atoms with Crippen molar-refractivity contribution in [2.75, 3.05) is 12.4 Å². The Bertz CT molecular complexity index is 774. The molecular formula is C18H18N2O2S. The van der Waals surface area contributed by atoms with E-state index >= 15 is 0 Å². The lowest BCUT2D eigenvalue weighted by atomic mass is 10.0. The number of carbonyl (C=O) groups is 2. The molecule has 0 bridgehead atoms. The largest absolute Gasteiger partial charge is 0.350 e. The van der Waals surface area contributed by atoms with Gasteiger partial charge in [0.2, 0.25) is 0 Å². The number of hydrogen-bond acceptors (Lipinski definition) is 4. The first-order valence-electron chi connectivity index (χ1n) is 7.46. The topological polar surface area (TPSA) is 49.4 Å². The molecule has 2 heterocycles. The van der Waals surface area contributed by atoms with Crippen LogP contribution >= 0.6 is 11.3 Å². The first-order valence-corrected chi connectivity index (χ1v) is 8.34. The summed E-state index contributed by atoms with van der Waals surface area (Å²) in [5, 5.41) is 5.03. The van der Waals surface area contributed by atoms with Gasteiger partial charge in [-0.3, -0.25) is 14.5 Å². The van der Waals surface area contributed by atoms with Crippen LogP contribution in [0.2, 0.25) is 0 Å². The van der Waals surface area contributed by atoms with Gasteiger partial charge in [0, 0.05) is 17.6 Å². The summed E-state index contributed by atoms with van der Waals surface area (Å²) in [4.78, 5) is 26.7. The van der Waals surface area contributed by atoms with Crippen LogP contribution in [0, 0.1) is 0 Å². The van der Waals surface area contributed by atoms with Crippen molar-refractivity contribution >= 4 is 34.4 Å². The monoisotopic (exact) mass is 326 g/mol. The molecule has 5 heteroatoms. The molecule has 0 fully saturated rings. The van der Waals surface area contributed by atoms with Gasteiger partial charge < -0.3 is 5.32 Å². The molecule has 0 unspecified atom stereocenters. The molecule has 0 saturated heterocycles. The standard InChI is InChI=1S/C18H18N2O2S/c1-11(2)12-6-8-13(9-7-12)19-16-15(14-5-4-10-23-14)17(21)20(3)18(16)22/h4-11,19H,1-3H3. The van der Waals surface area contributed by atoms with Crippen LogP contribution in [0.15, 0.2) is 47.5 Å². The lowest BCUT2D eigenvalue weighted by Gasteiger charge is -2.10. The van der Waals surface area contributed by atoms with Gasteiger partial charge in [0.25, 0.3) is 11.8 Å². The van der Waals surface area contributed by atoms with Gasteiger partial charge >= 0.3 is 0 Å². The van der Waals surface area contributed by atoms with Crippen LogP contribution in [-0.4, -0.2) is 23.8 Å². The molecule has 0 atom stereocenters. The molecule has 0 spiro atoms. The molecule has 2 aromatic rings. The normalized spacial score (nSPS) is 15.0. The Morgan fingerprint density at radius 2 is 1.74 bits per heavy atom. The highest BCUT2D eigenvalue weighted by molar-refractivity contribution is 7.11. The predicted octanol–water partition coefficient (Wildman–Crippen LogP) is 3.69.